The van der Waals surface area contributed by atoms with Gasteiger partial charge in [0.05, 0.1) is 11.7 Å². The molecule has 0 heterocycles. The Hall–Kier alpha value is -1.12. The first kappa shape index (κ1) is 18.9. The average Bonchev–Trinajstić information content (AvgIpc) is 2.36. The van der Waals surface area contributed by atoms with E-state index >= 15 is 0 Å². The summed E-state index contributed by atoms with van der Waals surface area (Å²) in [7, 11) is 0. The van der Waals surface area contributed by atoms with E-state index in [4.69, 9.17) is 0 Å². The number of allylic oxidation sites excluding steroid dienone is 6. The van der Waals surface area contributed by atoms with Crippen LogP contribution in [0.2, 0.25) is 0 Å². The molecule has 0 fully saturated rings. The van der Waals surface area contributed by atoms with Crippen molar-refractivity contribution in [2.75, 3.05) is 0 Å². The molecule has 0 radical (unpaired) electrons. The highest BCUT2D eigenvalue weighted by Gasteiger charge is 2.25. The van der Waals surface area contributed by atoms with Gasteiger partial charge in [-0.1, -0.05) is 41.0 Å². The smallest absolute Gasteiger partial charge is 0.0828 e. The minimum Gasteiger partial charge on any atom is -0.388 e. The first-order valence-corrected chi connectivity index (χ1v) is 8.29. The van der Waals surface area contributed by atoms with Crippen molar-refractivity contribution in [3.8, 4) is 0 Å². The average molecular weight is 304 g/mol. The van der Waals surface area contributed by atoms with Crippen molar-refractivity contribution >= 4 is 0 Å². The summed E-state index contributed by atoms with van der Waals surface area (Å²) in [4.78, 5) is 0. The van der Waals surface area contributed by atoms with Crippen LogP contribution in [0.5, 0.6) is 0 Å². The van der Waals surface area contributed by atoms with Crippen LogP contribution in [0.1, 0.15) is 66.7 Å². The fourth-order valence-corrected chi connectivity index (χ4v) is 2.73. The summed E-state index contributed by atoms with van der Waals surface area (Å²) in [6.45, 7) is 9.82. The molecular weight excluding hydrogens is 272 g/mol. The quantitative estimate of drug-likeness (QED) is 0.680. The molecule has 22 heavy (non-hydrogen) atoms. The van der Waals surface area contributed by atoms with Gasteiger partial charge in [0, 0.05) is 0 Å². The van der Waals surface area contributed by atoms with Crippen molar-refractivity contribution in [1.29, 1.82) is 0 Å². The van der Waals surface area contributed by atoms with E-state index in [-0.39, 0.29) is 0 Å². The van der Waals surface area contributed by atoms with Crippen LogP contribution in [0.15, 0.2) is 46.6 Å². The third kappa shape index (κ3) is 6.76. The molecule has 2 nitrogen and oxygen atoms in total. The van der Waals surface area contributed by atoms with Crippen LogP contribution >= 0.6 is 0 Å². The fraction of sp³-hybridized carbons (Fsp3) is 0.600. The second-order valence-electron chi connectivity index (χ2n) is 7.09. The van der Waals surface area contributed by atoms with E-state index in [9.17, 15) is 10.2 Å². The number of aliphatic hydroxyl groups is 2. The Morgan fingerprint density at radius 1 is 0.909 bits per heavy atom. The van der Waals surface area contributed by atoms with E-state index in [2.05, 4.69) is 32.9 Å². The van der Waals surface area contributed by atoms with Gasteiger partial charge >= 0.3 is 0 Å². The molecule has 0 amide bonds. The summed E-state index contributed by atoms with van der Waals surface area (Å²) in [5.41, 5.74) is 3.55. The molecule has 1 rings (SSSR count). The molecule has 1 unspecified atom stereocenters. The van der Waals surface area contributed by atoms with E-state index in [0.29, 0.717) is 12.0 Å². The standard InChI is InChI=1S/C20H32O2/c1-15-8-6-10-16(2)12-13-18(20(4,5)22)19(21)14-17(3)11-7-9-15/h8,11-13,19,21-22H,6-7,9-10,14H2,1-5H3/b15-8+,16-12+,17-11+,18-13+. The van der Waals surface area contributed by atoms with E-state index in [1.54, 1.807) is 13.8 Å². The maximum Gasteiger partial charge on any atom is 0.0828 e. The lowest BCUT2D eigenvalue weighted by Crippen LogP contribution is -2.30. The van der Waals surface area contributed by atoms with E-state index < -0.39 is 11.7 Å². The predicted octanol–water partition coefficient (Wildman–Crippen LogP) is 4.85. The van der Waals surface area contributed by atoms with Gasteiger partial charge in [-0.25, -0.2) is 0 Å². The highest BCUT2D eigenvalue weighted by Crippen LogP contribution is 2.25. The summed E-state index contributed by atoms with van der Waals surface area (Å²) in [6.07, 6.45) is 12.5. The van der Waals surface area contributed by atoms with Crippen LogP contribution in [0, 0.1) is 0 Å². The third-order valence-electron chi connectivity index (χ3n) is 4.19. The Balaban J connectivity index is 3.09. The first-order chi connectivity index (χ1) is 10.2. The lowest BCUT2D eigenvalue weighted by atomic mass is 9.88. The van der Waals surface area contributed by atoms with Crippen molar-refractivity contribution in [2.45, 2.75) is 78.4 Å². The molecule has 0 aromatic carbocycles. The van der Waals surface area contributed by atoms with Crippen LogP contribution in [0.3, 0.4) is 0 Å². The van der Waals surface area contributed by atoms with Gasteiger partial charge in [0.2, 0.25) is 0 Å². The van der Waals surface area contributed by atoms with Crippen molar-refractivity contribution in [2.24, 2.45) is 0 Å². The van der Waals surface area contributed by atoms with Gasteiger partial charge in [0.1, 0.15) is 0 Å². The second kappa shape index (κ2) is 8.50. The zero-order valence-electron chi connectivity index (χ0n) is 14.8. The lowest BCUT2D eigenvalue weighted by molar-refractivity contribution is 0.0805. The zero-order valence-corrected chi connectivity index (χ0v) is 14.8. The third-order valence-corrected chi connectivity index (χ3v) is 4.19. The molecule has 0 aliphatic heterocycles. The first-order valence-electron chi connectivity index (χ1n) is 8.29. The Labute approximate surface area is 135 Å². The number of hydrogen-bond acceptors (Lipinski definition) is 2. The molecule has 124 valence electrons. The maximum absolute atomic E-state index is 10.5. The summed E-state index contributed by atoms with van der Waals surface area (Å²) < 4.78 is 0. The summed E-state index contributed by atoms with van der Waals surface area (Å²) in [5, 5.41) is 20.9. The Morgan fingerprint density at radius 2 is 1.45 bits per heavy atom. The van der Waals surface area contributed by atoms with Gasteiger partial charge in [-0.15, -0.1) is 0 Å². The predicted molar refractivity (Wildman–Crippen MR) is 94.7 cm³/mol. The molecule has 0 saturated heterocycles. The molecule has 1 aliphatic carbocycles. The highest BCUT2D eigenvalue weighted by molar-refractivity contribution is 5.27. The van der Waals surface area contributed by atoms with Gasteiger partial charge in [-0.05, 0) is 72.3 Å². The highest BCUT2D eigenvalue weighted by atomic mass is 16.3. The van der Waals surface area contributed by atoms with Crippen molar-refractivity contribution < 1.29 is 10.2 Å². The van der Waals surface area contributed by atoms with Crippen LogP contribution in [-0.4, -0.2) is 21.9 Å². The molecule has 0 saturated carbocycles. The minimum atomic E-state index is -1.01. The Morgan fingerprint density at radius 3 is 2.05 bits per heavy atom. The van der Waals surface area contributed by atoms with E-state index in [1.807, 2.05) is 12.2 Å². The van der Waals surface area contributed by atoms with Crippen molar-refractivity contribution in [3.05, 3.63) is 46.6 Å². The molecule has 0 bridgehead atoms. The number of aliphatic hydroxyl groups excluding tert-OH is 1. The van der Waals surface area contributed by atoms with Gasteiger partial charge < -0.3 is 10.2 Å². The molecule has 1 aliphatic rings. The van der Waals surface area contributed by atoms with Crippen molar-refractivity contribution in [3.63, 3.8) is 0 Å². The van der Waals surface area contributed by atoms with Crippen LogP contribution < -0.4 is 0 Å². The molecule has 0 spiro atoms. The Kier molecular flexibility index (Phi) is 7.31. The molecule has 0 aromatic rings. The fourth-order valence-electron chi connectivity index (χ4n) is 2.73. The number of rotatable bonds is 1. The number of hydrogen-bond donors (Lipinski definition) is 2. The van der Waals surface area contributed by atoms with Gasteiger partial charge in [0.15, 0.2) is 0 Å². The molecular formula is C20H32O2. The topological polar surface area (TPSA) is 40.5 Å². The van der Waals surface area contributed by atoms with E-state index in [0.717, 1.165) is 25.7 Å². The minimum absolute atomic E-state index is 0.575. The monoisotopic (exact) mass is 304 g/mol. The SMILES string of the molecule is C/C1=C\C=C(\C(C)(C)O)C(O)C/C(C)=C/CC/C(C)=C/CC1. The molecule has 1 atom stereocenters. The second-order valence-corrected chi connectivity index (χ2v) is 7.09. The normalized spacial score (nSPS) is 32.4. The Bertz CT molecular complexity index is 484. The van der Waals surface area contributed by atoms with Gasteiger partial charge in [-0.3, -0.25) is 0 Å². The van der Waals surface area contributed by atoms with Gasteiger partial charge in [0.25, 0.3) is 0 Å². The largest absolute Gasteiger partial charge is 0.388 e. The van der Waals surface area contributed by atoms with Gasteiger partial charge in [-0.2, -0.15) is 0 Å². The maximum atomic E-state index is 10.5. The van der Waals surface area contributed by atoms with E-state index in [1.165, 1.54) is 16.7 Å². The van der Waals surface area contributed by atoms with Crippen molar-refractivity contribution in [1.82, 2.24) is 0 Å². The summed E-state index contributed by atoms with van der Waals surface area (Å²) in [6, 6.07) is 0. The molecule has 2 heteroatoms. The van der Waals surface area contributed by atoms with Crippen LogP contribution in [-0.2, 0) is 0 Å². The molecule has 2 N–H and O–H groups in total. The zero-order chi connectivity index (χ0) is 16.8. The van der Waals surface area contributed by atoms with Crippen LogP contribution in [0.25, 0.3) is 0 Å². The lowest BCUT2D eigenvalue weighted by Gasteiger charge is -2.26. The van der Waals surface area contributed by atoms with Crippen LogP contribution in [0.4, 0.5) is 0 Å². The molecule has 0 aromatic heterocycles. The summed E-state index contributed by atoms with van der Waals surface area (Å²) >= 11 is 0. The summed E-state index contributed by atoms with van der Waals surface area (Å²) in [5.74, 6) is 0.